The minimum Gasteiger partial charge on any atom is -0.497 e. The average molecular weight is 495 g/mol. The maximum absolute atomic E-state index is 7.20. The zero-order valence-corrected chi connectivity index (χ0v) is 22.4. The van der Waals surface area contributed by atoms with Gasteiger partial charge in [0.15, 0.2) is 5.60 Å². The van der Waals surface area contributed by atoms with Gasteiger partial charge >= 0.3 is 0 Å². The summed E-state index contributed by atoms with van der Waals surface area (Å²) >= 11 is 0. The van der Waals surface area contributed by atoms with Crippen LogP contribution in [0, 0.1) is 5.41 Å². The van der Waals surface area contributed by atoms with Crippen molar-refractivity contribution in [3.8, 4) is 28.4 Å². The van der Waals surface area contributed by atoms with Crippen LogP contribution in [0.5, 0.6) is 17.2 Å². The molecule has 0 fully saturated rings. The fourth-order valence-electron chi connectivity index (χ4n) is 5.38. The van der Waals surface area contributed by atoms with Gasteiger partial charge in [0.25, 0.3) is 0 Å². The molecule has 1 heterocycles. The fourth-order valence-corrected chi connectivity index (χ4v) is 5.38. The first-order chi connectivity index (χ1) is 17.8. The van der Waals surface area contributed by atoms with Crippen molar-refractivity contribution in [3.63, 3.8) is 0 Å². The van der Waals surface area contributed by atoms with E-state index < -0.39 is 5.60 Å². The van der Waals surface area contributed by atoms with E-state index in [-0.39, 0.29) is 5.41 Å². The number of ether oxygens (including phenoxy) is 4. The summed E-state index contributed by atoms with van der Waals surface area (Å²) in [5, 5.41) is 2.12. The zero-order chi connectivity index (χ0) is 26.2. The Hall–Kier alpha value is -3.76. The van der Waals surface area contributed by atoms with Crippen LogP contribution in [0.4, 0.5) is 0 Å². The Morgan fingerprint density at radius 2 is 1.46 bits per heavy atom. The smallest absolute Gasteiger partial charge is 0.157 e. The van der Waals surface area contributed by atoms with Crippen LogP contribution in [-0.2, 0) is 16.9 Å². The van der Waals surface area contributed by atoms with Crippen LogP contribution in [0.3, 0.4) is 0 Å². The molecule has 0 radical (unpaired) electrons. The maximum Gasteiger partial charge on any atom is 0.157 e. The molecule has 1 unspecified atom stereocenters. The Kier molecular flexibility index (Phi) is 6.47. The molecule has 5 rings (SSSR count). The first-order valence-corrected chi connectivity index (χ1v) is 12.6. The molecule has 0 aromatic heterocycles. The van der Waals surface area contributed by atoms with Gasteiger partial charge in [-0.15, -0.1) is 0 Å². The van der Waals surface area contributed by atoms with Gasteiger partial charge in [-0.1, -0.05) is 69.3 Å². The summed E-state index contributed by atoms with van der Waals surface area (Å²) < 4.78 is 24.0. The fraction of sp³-hybridized carbons (Fsp3) is 0.273. The summed E-state index contributed by atoms with van der Waals surface area (Å²) in [4.78, 5) is 0. The predicted molar refractivity (Wildman–Crippen MR) is 150 cm³/mol. The largest absolute Gasteiger partial charge is 0.497 e. The van der Waals surface area contributed by atoms with E-state index in [0.29, 0.717) is 6.61 Å². The molecule has 4 nitrogen and oxygen atoms in total. The molecule has 0 bridgehead atoms. The highest BCUT2D eigenvalue weighted by Gasteiger charge is 2.46. The lowest BCUT2D eigenvalue weighted by Gasteiger charge is -2.46. The lowest BCUT2D eigenvalue weighted by molar-refractivity contribution is 0.00610. The molecule has 190 valence electrons. The van der Waals surface area contributed by atoms with Crippen LogP contribution < -0.4 is 14.2 Å². The normalized spacial score (nSPS) is 16.8. The number of benzene rings is 4. The van der Waals surface area contributed by atoms with Crippen LogP contribution in [0.25, 0.3) is 28.0 Å². The van der Waals surface area contributed by atoms with Crippen molar-refractivity contribution >= 4 is 16.8 Å². The lowest BCUT2D eigenvalue weighted by Crippen LogP contribution is -2.45. The van der Waals surface area contributed by atoms with Crippen LogP contribution in [-0.4, -0.2) is 21.3 Å². The Labute approximate surface area is 219 Å². The van der Waals surface area contributed by atoms with E-state index in [2.05, 4.69) is 81.5 Å². The van der Waals surface area contributed by atoms with Crippen LogP contribution in [0.1, 0.15) is 37.5 Å². The molecule has 0 spiro atoms. The number of hydrogen-bond acceptors (Lipinski definition) is 4. The van der Waals surface area contributed by atoms with Gasteiger partial charge in [-0.25, -0.2) is 0 Å². The third kappa shape index (κ3) is 4.15. The number of methoxy groups -OCH3 is 3. The highest BCUT2D eigenvalue weighted by atomic mass is 16.5. The SMILES string of the molecule is COCc1c2c(c3cc(OC)ccc3c1-c1ccccc1)OC(c1ccc(OC)cc1)(C(C)(C)C)C=C2. The van der Waals surface area contributed by atoms with E-state index in [1.165, 1.54) is 0 Å². The van der Waals surface area contributed by atoms with Crippen molar-refractivity contribution in [2.75, 3.05) is 21.3 Å². The minimum absolute atomic E-state index is 0.250. The second-order valence-corrected chi connectivity index (χ2v) is 10.5. The quantitative estimate of drug-likeness (QED) is 0.272. The first-order valence-electron chi connectivity index (χ1n) is 12.6. The summed E-state index contributed by atoms with van der Waals surface area (Å²) in [6.07, 6.45) is 4.42. The molecule has 1 atom stereocenters. The van der Waals surface area contributed by atoms with E-state index in [0.717, 1.165) is 55.8 Å². The van der Waals surface area contributed by atoms with Crippen LogP contribution in [0.15, 0.2) is 78.9 Å². The summed E-state index contributed by atoms with van der Waals surface area (Å²) in [5.41, 5.74) is 4.56. The summed E-state index contributed by atoms with van der Waals surface area (Å²) in [7, 11) is 5.12. The Morgan fingerprint density at radius 3 is 2.08 bits per heavy atom. The van der Waals surface area contributed by atoms with Crippen molar-refractivity contribution in [2.24, 2.45) is 5.41 Å². The van der Waals surface area contributed by atoms with Crippen molar-refractivity contribution in [1.82, 2.24) is 0 Å². The maximum atomic E-state index is 7.20. The van der Waals surface area contributed by atoms with E-state index >= 15 is 0 Å². The molecule has 1 aliphatic rings. The Bertz CT molecular complexity index is 1450. The molecule has 4 heteroatoms. The third-order valence-corrected chi connectivity index (χ3v) is 7.34. The molecular weight excluding hydrogens is 460 g/mol. The Morgan fingerprint density at radius 1 is 0.784 bits per heavy atom. The average Bonchev–Trinajstić information content (AvgIpc) is 2.92. The molecule has 4 aromatic rings. The predicted octanol–water partition coefficient (Wildman–Crippen LogP) is 8.02. The van der Waals surface area contributed by atoms with Gasteiger partial charge in [-0.05, 0) is 58.5 Å². The van der Waals surface area contributed by atoms with Crippen molar-refractivity contribution in [3.05, 3.63) is 95.6 Å². The molecule has 0 saturated carbocycles. The third-order valence-electron chi connectivity index (χ3n) is 7.34. The molecular formula is C33H34O4. The topological polar surface area (TPSA) is 36.9 Å². The highest BCUT2D eigenvalue weighted by molar-refractivity contribution is 6.05. The van der Waals surface area contributed by atoms with Crippen molar-refractivity contribution in [1.29, 1.82) is 0 Å². The second kappa shape index (κ2) is 9.60. The van der Waals surface area contributed by atoms with E-state index in [1.807, 2.05) is 24.3 Å². The van der Waals surface area contributed by atoms with E-state index in [1.54, 1.807) is 21.3 Å². The minimum atomic E-state index is -0.694. The van der Waals surface area contributed by atoms with E-state index in [4.69, 9.17) is 18.9 Å². The van der Waals surface area contributed by atoms with Crippen molar-refractivity contribution in [2.45, 2.75) is 33.0 Å². The van der Waals surface area contributed by atoms with Gasteiger partial charge in [0.2, 0.25) is 0 Å². The van der Waals surface area contributed by atoms with Gasteiger partial charge in [-0.2, -0.15) is 0 Å². The summed E-state index contributed by atoms with van der Waals surface area (Å²) in [5.74, 6) is 2.45. The summed E-state index contributed by atoms with van der Waals surface area (Å²) in [6, 6.07) is 24.9. The van der Waals surface area contributed by atoms with Gasteiger partial charge < -0.3 is 18.9 Å². The van der Waals surface area contributed by atoms with Gasteiger partial charge in [0.1, 0.15) is 17.2 Å². The molecule has 37 heavy (non-hydrogen) atoms. The van der Waals surface area contributed by atoms with Gasteiger partial charge in [-0.3, -0.25) is 0 Å². The molecule has 0 aliphatic carbocycles. The number of rotatable bonds is 6. The standard InChI is InChI=1S/C33H34O4/c1-32(2,3)33(23-12-14-24(35-5)15-13-23)19-18-27-29(21-34-4)30(22-10-8-7-9-11-22)26-17-16-25(36-6)20-28(26)31(27)37-33/h7-20H,21H2,1-6H3. The van der Waals surface area contributed by atoms with Crippen LogP contribution >= 0.6 is 0 Å². The highest BCUT2D eigenvalue weighted by Crippen LogP contribution is 2.53. The molecule has 0 N–H and O–H groups in total. The molecule has 1 aliphatic heterocycles. The van der Waals surface area contributed by atoms with Crippen molar-refractivity contribution < 1.29 is 18.9 Å². The van der Waals surface area contributed by atoms with Gasteiger partial charge in [0.05, 0.1) is 20.8 Å². The molecule has 0 saturated heterocycles. The van der Waals surface area contributed by atoms with Gasteiger partial charge in [0, 0.05) is 29.0 Å². The zero-order valence-electron chi connectivity index (χ0n) is 22.4. The Balaban J connectivity index is 1.84. The number of hydrogen-bond donors (Lipinski definition) is 0. The molecule has 4 aromatic carbocycles. The van der Waals surface area contributed by atoms with E-state index in [9.17, 15) is 0 Å². The lowest BCUT2D eigenvalue weighted by atomic mass is 9.70. The molecule has 0 amide bonds. The number of fused-ring (bicyclic) bond motifs is 3. The first kappa shape index (κ1) is 24.9. The van der Waals surface area contributed by atoms with Crippen LogP contribution in [0.2, 0.25) is 0 Å². The monoisotopic (exact) mass is 494 g/mol. The summed E-state index contributed by atoms with van der Waals surface area (Å²) in [6.45, 7) is 7.10. The second-order valence-electron chi connectivity index (χ2n) is 10.5.